The van der Waals surface area contributed by atoms with Crippen LogP contribution in [0.15, 0.2) is 6.20 Å². The Morgan fingerprint density at radius 1 is 1.47 bits per heavy atom. The van der Waals surface area contributed by atoms with Gasteiger partial charge in [0.15, 0.2) is 0 Å². The van der Waals surface area contributed by atoms with Crippen molar-refractivity contribution in [3.8, 4) is 0 Å². The molecule has 1 fully saturated rings. The second-order valence-electron chi connectivity index (χ2n) is 5.35. The Balaban J connectivity index is 2.02. The Morgan fingerprint density at radius 3 is 2.79 bits per heavy atom. The highest BCUT2D eigenvalue weighted by Crippen LogP contribution is 2.16. The maximum atomic E-state index is 12.5. The molecule has 1 amide bonds. The number of carbonyl (C=O) groups excluding carboxylic acids is 1. The Morgan fingerprint density at radius 2 is 2.21 bits per heavy atom. The summed E-state index contributed by atoms with van der Waals surface area (Å²) in [6.45, 7) is 7.86. The van der Waals surface area contributed by atoms with Crippen LogP contribution in [0.25, 0.3) is 0 Å². The minimum Gasteiger partial charge on any atom is -0.338 e. The van der Waals surface area contributed by atoms with Crippen LogP contribution >= 0.6 is 0 Å². The molecule has 1 saturated heterocycles. The number of aryl methyl sites for hydroxylation is 1. The summed E-state index contributed by atoms with van der Waals surface area (Å²) < 4.78 is 0. The topological polar surface area (TPSA) is 61.0 Å². The molecule has 106 valence electrons. The van der Waals surface area contributed by atoms with E-state index in [1.54, 1.807) is 6.20 Å². The molecule has 2 rings (SSSR count). The van der Waals surface area contributed by atoms with Gasteiger partial charge in [-0.1, -0.05) is 6.92 Å². The first-order chi connectivity index (χ1) is 9.22. The van der Waals surface area contributed by atoms with Gasteiger partial charge in [-0.2, -0.15) is 5.10 Å². The number of hydrogen-bond acceptors (Lipinski definition) is 3. The van der Waals surface area contributed by atoms with E-state index in [9.17, 15) is 4.79 Å². The van der Waals surface area contributed by atoms with Crippen LogP contribution in [0.2, 0.25) is 0 Å². The summed E-state index contributed by atoms with van der Waals surface area (Å²) in [5.41, 5.74) is 1.57. The summed E-state index contributed by atoms with van der Waals surface area (Å²) >= 11 is 0. The van der Waals surface area contributed by atoms with Gasteiger partial charge >= 0.3 is 0 Å². The normalized spacial score (nSPS) is 16.5. The molecule has 1 aromatic rings. The Hall–Kier alpha value is -1.36. The van der Waals surface area contributed by atoms with Crippen molar-refractivity contribution in [3.05, 3.63) is 17.5 Å². The largest absolute Gasteiger partial charge is 0.338 e. The van der Waals surface area contributed by atoms with E-state index in [0.717, 1.165) is 51.1 Å². The molecule has 5 heteroatoms. The zero-order chi connectivity index (χ0) is 13.7. The highest BCUT2D eigenvalue weighted by molar-refractivity contribution is 5.95. The minimum atomic E-state index is 0.117. The number of rotatable bonds is 5. The van der Waals surface area contributed by atoms with Gasteiger partial charge in [0.05, 0.1) is 11.8 Å². The third-order valence-corrected chi connectivity index (χ3v) is 3.78. The predicted octanol–water partition coefficient (Wildman–Crippen LogP) is 1.57. The molecule has 1 aliphatic rings. The van der Waals surface area contributed by atoms with E-state index in [2.05, 4.69) is 22.4 Å². The van der Waals surface area contributed by atoms with Crippen LogP contribution in [0.5, 0.6) is 0 Å². The zero-order valence-corrected chi connectivity index (χ0v) is 11.9. The van der Waals surface area contributed by atoms with Crippen molar-refractivity contribution in [3.63, 3.8) is 0 Å². The minimum absolute atomic E-state index is 0.117. The van der Waals surface area contributed by atoms with Gasteiger partial charge in [0.1, 0.15) is 0 Å². The zero-order valence-electron chi connectivity index (χ0n) is 11.9. The number of amides is 1. The average molecular weight is 264 g/mol. The van der Waals surface area contributed by atoms with Crippen molar-refractivity contribution >= 4 is 5.91 Å². The third-order valence-electron chi connectivity index (χ3n) is 3.78. The number of nitrogens with zero attached hydrogens (tertiary/aromatic N) is 2. The van der Waals surface area contributed by atoms with Gasteiger partial charge in [0.25, 0.3) is 5.91 Å². The lowest BCUT2D eigenvalue weighted by atomic mass is 9.97. The number of aromatic nitrogens is 2. The maximum Gasteiger partial charge on any atom is 0.257 e. The summed E-state index contributed by atoms with van der Waals surface area (Å²) in [4.78, 5) is 14.5. The number of aromatic amines is 1. The molecule has 0 aromatic carbocycles. The first kappa shape index (κ1) is 14.1. The van der Waals surface area contributed by atoms with Crippen LogP contribution in [0.1, 0.15) is 42.2 Å². The molecule has 0 spiro atoms. The molecule has 0 aliphatic carbocycles. The molecule has 1 aromatic heterocycles. The van der Waals surface area contributed by atoms with Gasteiger partial charge in [-0.05, 0) is 45.2 Å². The maximum absolute atomic E-state index is 12.5. The molecule has 0 unspecified atom stereocenters. The quantitative estimate of drug-likeness (QED) is 0.848. The summed E-state index contributed by atoms with van der Waals surface area (Å²) in [5, 5.41) is 10.2. The number of carbonyl (C=O) groups is 1. The van der Waals surface area contributed by atoms with Crippen molar-refractivity contribution in [2.45, 2.75) is 33.1 Å². The fourth-order valence-electron chi connectivity index (χ4n) is 2.66. The van der Waals surface area contributed by atoms with Gasteiger partial charge in [-0.3, -0.25) is 9.89 Å². The van der Waals surface area contributed by atoms with Crippen LogP contribution in [0.4, 0.5) is 0 Å². The number of hydrogen-bond donors (Lipinski definition) is 2. The Bertz CT molecular complexity index is 409. The molecule has 0 atom stereocenters. The lowest BCUT2D eigenvalue weighted by Crippen LogP contribution is -2.39. The molecule has 1 aliphatic heterocycles. The number of piperidine rings is 1. The molecule has 0 radical (unpaired) electrons. The third kappa shape index (κ3) is 3.56. The van der Waals surface area contributed by atoms with Crippen molar-refractivity contribution in [2.75, 3.05) is 26.2 Å². The fourth-order valence-corrected chi connectivity index (χ4v) is 2.66. The molecule has 5 nitrogen and oxygen atoms in total. The van der Waals surface area contributed by atoms with Crippen LogP contribution < -0.4 is 5.32 Å². The van der Waals surface area contributed by atoms with Gasteiger partial charge in [-0.15, -0.1) is 0 Å². The molecule has 2 N–H and O–H groups in total. The Kier molecular flexibility index (Phi) is 4.96. The summed E-state index contributed by atoms with van der Waals surface area (Å²) in [6.07, 6.45) is 4.96. The first-order valence-electron chi connectivity index (χ1n) is 7.22. The van der Waals surface area contributed by atoms with Crippen LogP contribution in [0, 0.1) is 12.8 Å². The molecule has 19 heavy (non-hydrogen) atoms. The van der Waals surface area contributed by atoms with Crippen LogP contribution in [0.3, 0.4) is 0 Å². The van der Waals surface area contributed by atoms with E-state index in [4.69, 9.17) is 0 Å². The Labute approximate surface area is 114 Å². The van der Waals surface area contributed by atoms with Gasteiger partial charge in [-0.25, -0.2) is 0 Å². The smallest absolute Gasteiger partial charge is 0.257 e. The van der Waals surface area contributed by atoms with Crippen molar-refractivity contribution in [1.29, 1.82) is 0 Å². The summed E-state index contributed by atoms with van der Waals surface area (Å²) in [5.74, 6) is 0.746. The van der Waals surface area contributed by atoms with Crippen molar-refractivity contribution in [2.24, 2.45) is 5.92 Å². The molecule has 0 bridgehead atoms. The van der Waals surface area contributed by atoms with E-state index < -0.39 is 0 Å². The van der Waals surface area contributed by atoms with E-state index in [1.807, 2.05) is 11.8 Å². The summed E-state index contributed by atoms with van der Waals surface area (Å²) in [6, 6.07) is 0. The number of nitrogens with one attached hydrogen (secondary N) is 2. The summed E-state index contributed by atoms with van der Waals surface area (Å²) in [7, 11) is 0. The predicted molar refractivity (Wildman–Crippen MR) is 75.1 cm³/mol. The molecule has 2 heterocycles. The average Bonchev–Trinajstić information content (AvgIpc) is 2.85. The van der Waals surface area contributed by atoms with E-state index in [-0.39, 0.29) is 5.91 Å². The molecular formula is C14H24N4O. The highest BCUT2D eigenvalue weighted by Gasteiger charge is 2.22. The standard InChI is InChI=1S/C14H24N4O/c1-3-8-18(10-12-4-6-15-7-5-12)14(19)13-9-16-17-11(13)2/h9,12,15H,3-8,10H2,1-2H3,(H,16,17). The highest BCUT2D eigenvalue weighted by atomic mass is 16.2. The molecule has 0 saturated carbocycles. The SMILES string of the molecule is CCCN(CC1CCNCC1)C(=O)c1cn[nH]c1C. The van der Waals surface area contributed by atoms with Gasteiger partial charge in [0, 0.05) is 18.8 Å². The molecular weight excluding hydrogens is 240 g/mol. The van der Waals surface area contributed by atoms with E-state index in [0.29, 0.717) is 11.5 Å². The monoisotopic (exact) mass is 264 g/mol. The fraction of sp³-hybridized carbons (Fsp3) is 0.714. The van der Waals surface area contributed by atoms with Crippen LogP contribution in [-0.4, -0.2) is 47.2 Å². The van der Waals surface area contributed by atoms with E-state index in [1.165, 1.54) is 0 Å². The lowest BCUT2D eigenvalue weighted by molar-refractivity contribution is 0.0716. The first-order valence-corrected chi connectivity index (χ1v) is 7.22. The van der Waals surface area contributed by atoms with Gasteiger partial charge in [0.2, 0.25) is 0 Å². The lowest BCUT2D eigenvalue weighted by Gasteiger charge is -2.30. The van der Waals surface area contributed by atoms with Crippen molar-refractivity contribution < 1.29 is 4.79 Å². The van der Waals surface area contributed by atoms with Crippen molar-refractivity contribution in [1.82, 2.24) is 20.4 Å². The van der Waals surface area contributed by atoms with Crippen LogP contribution in [-0.2, 0) is 0 Å². The van der Waals surface area contributed by atoms with E-state index >= 15 is 0 Å². The van der Waals surface area contributed by atoms with Gasteiger partial charge < -0.3 is 10.2 Å². The number of H-pyrrole nitrogens is 1. The second kappa shape index (κ2) is 6.70. The second-order valence-corrected chi connectivity index (χ2v) is 5.35.